The first kappa shape index (κ1) is 14.1. The van der Waals surface area contributed by atoms with E-state index in [9.17, 15) is 4.39 Å². The standard InChI is InChI=1S/C15H12BrFN4/c16-9-5-6-11(17)10(7-9)15(21-18)14-8-19-12-3-1-2-4-13(12)20-14/h1-8,15,21H,18H2. The fraction of sp³-hybridized carbons (Fsp3) is 0.0667. The Balaban J connectivity index is 2.11. The van der Waals surface area contributed by atoms with Gasteiger partial charge in [0.05, 0.1) is 29.0 Å². The fourth-order valence-electron chi connectivity index (χ4n) is 2.18. The van der Waals surface area contributed by atoms with E-state index in [4.69, 9.17) is 5.84 Å². The van der Waals surface area contributed by atoms with E-state index in [2.05, 4.69) is 31.3 Å². The molecule has 3 N–H and O–H groups in total. The first-order valence-corrected chi connectivity index (χ1v) is 7.11. The van der Waals surface area contributed by atoms with Crippen molar-refractivity contribution in [3.63, 3.8) is 0 Å². The van der Waals surface area contributed by atoms with E-state index < -0.39 is 6.04 Å². The molecule has 0 fully saturated rings. The predicted molar refractivity (Wildman–Crippen MR) is 82.8 cm³/mol. The number of hydrogen-bond donors (Lipinski definition) is 2. The Morgan fingerprint density at radius 3 is 2.67 bits per heavy atom. The summed E-state index contributed by atoms with van der Waals surface area (Å²) in [6.07, 6.45) is 1.60. The summed E-state index contributed by atoms with van der Waals surface area (Å²) >= 11 is 3.33. The van der Waals surface area contributed by atoms with Crippen molar-refractivity contribution in [1.82, 2.24) is 15.4 Å². The predicted octanol–water partition coefficient (Wildman–Crippen LogP) is 3.08. The van der Waals surface area contributed by atoms with E-state index in [0.717, 1.165) is 15.5 Å². The second-order valence-electron chi connectivity index (χ2n) is 4.55. The molecule has 1 aromatic heterocycles. The van der Waals surface area contributed by atoms with Gasteiger partial charge in [0, 0.05) is 10.0 Å². The normalized spacial score (nSPS) is 12.5. The van der Waals surface area contributed by atoms with Crippen molar-refractivity contribution in [3.8, 4) is 0 Å². The second kappa shape index (κ2) is 5.85. The summed E-state index contributed by atoms with van der Waals surface area (Å²) in [6, 6.07) is 11.6. The maximum Gasteiger partial charge on any atom is 0.128 e. The van der Waals surface area contributed by atoms with Crippen LogP contribution in [0.2, 0.25) is 0 Å². The lowest BCUT2D eigenvalue weighted by Gasteiger charge is -2.17. The largest absolute Gasteiger partial charge is 0.271 e. The minimum absolute atomic E-state index is 0.351. The van der Waals surface area contributed by atoms with Gasteiger partial charge in [-0.15, -0.1) is 0 Å². The molecule has 2 aromatic carbocycles. The number of nitrogens with zero attached hydrogens (tertiary/aromatic N) is 2. The third-order valence-electron chi connectivity index (χ3n) is 3.20. The van der Waals surface area contributed by atoms with E-state index >= 15 is 0 Å². The molecule has 0 bridgehead atoms. The van der Waals surface area contributed by atoms with Crippen molar-refractivity contribution in [3.05, 3.63) is 70.2 Å². The number of rotatable bonds is 3. The van der Waals surface area contributed by atoms with Crippen LogP contribution in [0.5, 0.6) is 0 Å². The average molecular weight is 347 g/mol. The molecule has 0 saturated carbocycles. The van der Waals surface area contributed by atoms with E-state index in [-0.39, 0.29) is 5.82 Å². The average Bonchev–Trinajstić information content (AvgIpc) is 2.51. The van der Waals surface area contributed by atoms with E-state index in [1.165, 1.54) is 6.07 Å². The number of nitrogens with two attached hydrogens (primary N) is 1. The van der Waals surface area contributed by atoms with Crippen molar-refractivity contribution >= 4 is 27.0 Å². The summed E-state index contributed by atoms with van der Waals surface area (Å²) in [4.78, 5) is 8.84. The van der Waals surface area contributed by atoms with Crippen LogP contribution in [0.25, 0.3) is 11.0 Å². The van der Waals surface area contributed by atoms with Gasteiger partial charge in [-0.1, -0.05) is 28.1 Å². The van der Waals surface area contributed by atoms with Crippen molar-refractivity contribution < 1.29 is 4.39 Å². The minimum atomic E-state index is -0.570. The first-order chi connectivity index (χ1) is 10.2. The summed E-state index contributed by atoms with van der Waals surface area (Å²) in [5.74, 6) is 5.25. The number of para-hydroxylation sites is 2. The molecule has 106 valence electrons. The van der Waals surface area contributed by atoms with Crippen LogP contribution in [0.4, 0.5) is 4.39 Å². The minimum Gasteiger partial charge on any atom is -0.271 e. The summed E-state index contributed by atoms with van der Waals surface area (Å²) in [5, 5.41) is 0. The van der Waals surface area contributed by atoms with Crippen LogP contribution >= 0.6 is 15.9 Å². The summed E-state index contributed by atoms with van der Waals surface area (Å²) in [7, 11) is 0. The number of nitrogens with one attached hydrogen (secondary N) is 1. The summed E-state index contributed by atoms with van der Waals surface area (Å²) in [5.41, 5.74) is 5.11. The smallest absolute Gasteiger partial charge is 0.128 e. The van der Waals surface area contributed by atoms with Crippen LogP contribution in [-0.2, 0) is 0 Å². The summed E-state index contributed by atoms with van der Waals surface area (Å²) < 4.78 is 14.8. The molecular weight excluding hydrogens is 335 g/mol. The van der Waals surface area contributed by atoms with Gasteiger partial charge in [0.2, 0.25) is 0 Å². The molecule has 0 amide bonds. The zero-order valence-corrected chi connectivity index (χ0v) is 12.5. The lowest BCUT2D eigenvalue weighted by molar-refractivity contribution is 0.552. The number of aromatic nitrogens is 2. The highest BCUT2D eigenvalue weighted by Crippen LogP contribution is 2.26. The lowest BCUT2D eigenvalue weighted by atomic mass is 10.0. The van der Waals surface area contributed by atoms with Crippen LogP contribution in [-0.4, -0.2) is 9.97 Å². The van der Waals surface area contributed by atoms with Crippen LogP contribution in [0, 0.1) is 5.82 Å². The zero-order chi connectivity index (χ0) is 14.8. The molecule has 3 rings (SSSR count). The van der Waals surface area contributed by atoms with Crippen molar-refractivity contribution in [2.45, 2.75) is 6.04 Å². The lowest BCUT2D eigenvalue weighted by Crippen LogP contribution is -2.30. The topological polar surface area (TPSA) is 63.8 Å². The molecule has 0 aliphatic rings. The Labute approximate surface area is 129 Å². The highest BCUT2D eigenvalue weighted by molar-refractivity contribution is 9.10. The molecule has 1 unspecified atom stereocenters. The first-order valence-electron chi connectivity index (χ1n) is 6.32. The van der Waals surface area contributed by atoms with Crippen LogP contribution in [0.1, 0.15) is 17.3 Å². The van der Waals surface area contributed by atoms with Gasteiger partial charge in [0.1, 0.15) is 5.82 Å². The maximum absolute atomic E-state index is 14.0. The molecule has 0 aliphatic carbocycles. The number of fused-ring (bicyclic) bond motifs is 1. The molecule has 0 aliphatic heterocycles. The van der Waals surface area contributed by atoms with Crippen LogP contribution < -0.4 is 11.3 Å². The van der Waals surface area contributed by atoms with Gasteiger partial charge < -0.3 is 0 Å². The number of hydrogen-bond acceptors (Lipinski definition) is 4. The Morgan fingerprint density at radius 2 is 1.90 bits per heavy atom. The third kappa shape index (κ3) is 2.78. The quantitative estimate of drug-likeness (QED) is 0.565. The number of benzene rings is 2. The molecule has 6 heteroatoms. The molecule has 1 heterocycles. The Kier molecular flexibility index (Phi) is 3.92. The molecule has 0 saturated heterocycles. The molecule has 0 spiro atoms. The van der Waals surface area contributed by atoms with Crippen LogP contribution in [0.15, 0.2) is 53.1 Å². The second-order valence-corrected chi connectivity index (χ2v) is 5.46. The van der Waals surface area contributed by atoms with Gasteiger partial charge in [0.25, 0.3) is 0 Å². The van der Waals surface area contributed by atoms with Gasteiger partial charge in [-0.25, -0.2) is 14.8 Å². The van der Waals surface area contributed by atoms with Crippen molar-refractivity contribution in [2.75, 3.05) is 0 Å². The molecular formula is C15H12BrFN4. The zero-order valence-electron chi connectivity index (χ0n) is 10.9. The highest BCUT2D eigenvalue weighted by Gasteiger charge is 2.19. The molecule has 1 atom stereocenters. The van der Waals surface area contributed by atoms with Gasteiger partial charge >= 0.3 is 0 Å². The van der Waals surface area contributed by atoms with E-state index in [1.54, 1.807) is 18.3 Å². The van der Waals surface area contributed by atoms with Gasteiger partial charge in [-0.3, -0.25) is 10.8 Å². The molecule has 4 nitrogen and oxygen atoms in total. The van der Waals surface area contributed by atoms with Gasteiger partial charge in [-0.2, -0.15) is 0 Å². The molecule has 0 radical (unpaired) electrons. The SMILES string of the molecule is NNC(c1cnc2ccccc2n1)c1cc(Br)ccc1F. The number of hydrazine groups is 1. The number of halogens is 2. The van der Waals surface area contributed by atoms with E-state index in [0.29, 0.717) is 11.3 Å². The Hall–Kier alpha value is -1.89. The van der Waals surface area contributed by atoms with E-state index in [1.807, 2.05) is 24.3 Å². The molecule has 3 aromatic rings. The summed E-state index contributed by atoms with van der Waals surface area (Å²) in [6.45, 7) is 0. The third-order valence-corrected chi connectivity index (χ3v) is 3.69. The Bertz CT molecular complexity index is 793. The monoisotopic (exact) mass is 346 g/mol. The molecule has 21 heavy (non-hydrogen) atoms. The van der Waals surface area contributed by atoms with Crippen molar-refractivity contribution in [1.29, 1.82) is 0 Å². The maximum atomic E-state index is 14.0. The van der Waals surface area contributed by atoms with Gasteiger partial charge in [-0.05, 0) is 30.3 Å². The highest BCUT2D eigenvalue weighted by atomic mass is 79.9. The Morgan fingerprint density at radius 1 is 1.14 bits per heavy atom. The fourth-order valence-corrected chi connectivity index (χ4v) is 2.56. The van der Waals surface area contributed by atoms with Crippen molar-refractivity contribution in [2.24, 2.45) is 5.84 Å². The van der Waals surface area contributed by atoms with Crippen LogP contribution in [0.3, 0.4) is 0 Å². The van der Waals surface area contributed by atoms with Gasteiger partial charge in [0.15, 0.2) is 0 Å².